The summed E-state index contributed by atoms with van der Waals surface area (Å²) in [5, 5.41) is 9.89. The molecule has 0 radical (unpaired) electrons. The number of ether oxygens (including phenoxy) is 1. The zero-order chi connectivity index (χ0) is 13.0. The molecule has 0 heterocycles. The quantitative estimate of drug-likeness (QED) is 0.897. The molecule has 0 spiro atoms. The van der Waals surface area contributed by atoms with Gasteiger partial charge >= 0.3 is 0 Å². The maximum atomic E-state index is 13.3. The fourth-order valence-electron chi connectivity index (χ4n) is 1.61. The van der Waals surface area contributed by atoms with E-state index in [-0.39, 0.29) is 12.4 Å². The van der Waals surface area contributed by atoms with Crippen LogP contribution < -0.4 is 4.74 Å². The lowest BCUT2D eigenvalue weighted by Crippen LogP contribution is -2.09. The molecule has 1 atom stereocenters. The molecular weight excluding hydrogens is 231 g/mol. The molecule has 2 aromatic carbocycles. The van der Waals surface area contributed by atoms with Gasteiger partial charge in [-0.1, -0.05) is 36.4 Å². The highest BCUT2D eigenvalue weighted by molar-refractivity contribution is 5.28. The van der Waals surface area contributed by atoms with Gasteiger partial charge < -0.3 is 9.84 Å². The van der Waals surface area contributed by atoms with Crippen molar-refractivity contribution < 1.29 is 14.2 Å². The van der Waals surface area contributed by atoms with Crippen molar-refractivity contribution in [2.45, 2.75) is 13.0 Å². The first kappa shape index (κ1) is 12.6. The van der Waals surface area contributed by atoms with Crippen LogP contribution in [0.25, 0.3) is 0 Å². The van der Waals surface area contributed by atoms with Crippen molar-refractivity contribution >= 4 is 0 Å². The molecule has 0 amide bonds. The standard InChI is InChI=1S/C15H15FO2/c1-11-7-8-13(9-14(11)16)18-10-15(17)12-5-3-2-4-6-12/h2-9,15,17H,10H2,1H3. The molecule has 1 N–H and O–H groups in total. The van der Waals surface area contributed by atoms with E-state index in [0.29, 0.717) is 11.3 Å². The summed E-state index contributed by atoms with van der Waals surface area (Å²) in [5.74, 6) is 0.120. The van der Waals surface area contributed by atoms with E-state index in [0.717, 1.165) is 5.56 Å². The number of aryl methyl sites for hydroxylation is 1. The fraction of sp³-hybridized carbons (Fsp3) is 0.200. The van der Waals surface area contributed by atoms with Gasteiger partial charge in [0.05, 0.1) is 0 Å². The van der Waals surface area contributed by atoms with Crippen molar-refractivity contribution in [3.8, 4) is 5.75 Å². The van der Waals surface area contributed by atoms with Crippen LogP contribution in [-0.4, -0.2) is 11.7 Å². The predicted octanol–water partition coefficient (Wildman–Crippen LogP) is 3.25. The summed E-state index contributed by atoms with van der Waals surface area (Å²) in [6.45, 7) is 1.80. The van der Waals surface area contributed by atoms with Crippen molar-refractivity contribution in [2.24, 2.45) is 0 Å². The number of aliphatic hydroxyl groups excluding tert-OH is 1. The van der Waals surface area contributed by atoms with Crippen LogP contribution in [0, 0.1) is 12.7 Å². The highest BCUT2D eigenvalue weighted by Crippen LogP contribution is 2.18. The maximum Gasteiger partial charge on any atom is 0.129 e. The number of aliphatic hydroxyl groups is 1. The molecule has 18 heavy (non-hydrogen) atoms. The average molecular weight is 246 g/mol. The Labute approximate surface area is 106 Å². The van der Waals surface area contributed by atoms with E-state index < -0.39 is 6.10 Å². The number of halogens is 1. The summed E-state index contributed by atoms with van der Waals surface area (Å²) < 4.78 is 18.7. The van der Waals surface area contributed by atoms with Crippen LogP contribution in [0.2, 0.25) is 0 Å². The molecule has 2 rings (SSSR count). The largest absolute Gasteiger partial charge is 0.490 e. The van der Waals surface area contributed by atoms with Crippen molar-refractivity contribution in [3.63, 3.8) is 0 Å². The molecule has 0 saturated carbocycles. The van der Waals surface area contributed by atoms with E-state index in [1.165, 1.54) is 6.07 Å². The lowest BCUT2D eigenvalue weighted by molar-refractivity contribution is 0.108. The molecule has 0 aliphatic carbocycles. The molecule has 0 saturated heterocycles. The predicted molar refractivity (Wildman–Crippen MR) is 68.0 cm³/mol. The van der Waals surface area contributed by atoms with Crippen LogP contribution in [0.5, 0.6) is 5.75 Å². The first-order valence-electron chi connectivity index (χ1n) is 5.79. The fourth-order valence-corrected chi connectivity index (χ4v) is 1.61. The smallest absolute Gasteiger partial charge is 0.129 e. The Hall–Kier alpha value is -1.87. The normalized spacial score (nSPS) is 12.2. The minimum Gasteiger partial charge on any atom is -0.490 e. The summed E-state index contributed by atoms with van der Waals surface area (Å²) in [6.07, 6.45) is -0.712. The Bertz CT molecular complexity index is 511. The highest BCUT2D eigenvalue weighted by atomic mass is 19.1. The Kier molecular flexibility index (Phi) is 3.95. The molecular formula is C15H15FO2. The SMILES string of the molecule is Cc1ccc(OCC(O)c2ccccc2)cc1F. The van der Waals surface area contributed by atoms with E-state index >= 15 is 0 Å². The lowest BCUT2D eigenvalue weighted by atomic mass is 10.1. The highest BCUT2D eigenvalue weighted by Gasteiger charge is 2.08. The van der Waals surface area contributed by atoms with Crippen LogP contribution in [0.3, 0.4) is 0 Å². The Morgan fingerprint density at radius 3 is 2.56 bits per heavy atom. The van der Waals surface area contributed by atoms with Gasteiger partial charge in [-0.15, -0.1) is 0 Å². The summed E-state index contributed by atoms with van der Waals surface area (Å²) in [6, 6.07) is 13.9. The number of rotatable bonds is 4. The van der Waals surface area contributed by atoms with Gasteiger partial charge in [0.1, 0.15) is 24.3 Å². The maximum absolute atomic E-state index is 13.3. The van der Waals surface area contributed by atoms with Crippen molar-refractivity contribution in [2.75, 3.05) is 6.61 Å². The monoisotopic (exact) mass is 246 g/mol. The molecule has 2 aromatic rings. The van der Waals surface area contributed by atoms with Crippen molar-refractivity contribution in [3.05, 3.63) is 65.5 Å². The van der Waals surface area contributed by atoms with Gasteiger partial charge in [-0.05, 0) is 24.1 Å². The van der Waals surface area contributed by atoms with E-state index in [4.69, 9.17) is 4.74 Å². The van der Waals surface area contributed by atoms with Gasteiger partial charge in [-0.25, -0.2) is 4.39 Å². The number of hydrogen-bond acceptors (Lipinski definition) is 2. The summed E-state index contributed by atoms with van der Waals surface area (Å²) in [5.41, 5.74) is 1.36. The van der Waals surface area contributed by atoms with Gasteiger partial charge in [0.15, 0.2) is 0 Å². The third kappa shape index (κ3) is 3.08. The second kappa shape index (κ2) is 5.65. The van der Waals surface area contributed by atoms with Crippen LogP contribution in [0.1, 0.15) is 17.2 Å². The molecule has 0 bridgehead atoms. The van der Waals surface area contributed by atoms with Gasteiger partial charge in [-0.2, -0.15) is 0 Å². The first-order chi connectivity index (χ1) is 8.66. The van der Waals surface area contributed by atoms with Crippen LogP contribution >= 0.6 is 0 Å². The van der Waals surface area contributed by atoms with Crippen molar-refractivity contribution in [1.29, 1.82) is 0 Å². The van der Waals surface area contributed by atoms with Gasteiger partial charge in [0, 0.05) is 6.07 Å². The minimum atomic E-state index is -0.712. The van der Waals surface area contributed by atoms with Gasteiger partial charge in [-0.3, -0.25) is 0 Å². The molecule has 0 aliphatic heterocycles. The topological polar surface area (TPSA) is 29.5 Å². The third-order valence-electron chi connectivity index (χ3n) is 2.74. The molecule has 94 valence electrons. The Balaban J connectivity index is 1.97. The average Bonchev–Trinajstić information content (AvgIpc) is 2.41. The number of benzene rings is 2. The molecule has 1 unspecified atom stereocenters. The summed E-state index contributed by atoms with van der Waals surface area (Å²) >= 11 is 0. The zero-order valence-corrected chi connectivity index (χ0v) is 10.1. The second-order valence-electron chi connectivity index (χ2n) is 4.15. The first-order valence-corrected chi connectivity index (χ1v) is 5.79. The summed E-state index contributed by atoms with van der Waals surface area (Å²) in [7, 11) is 0. The van der Waals surface area contributed by atoms with Gasteiger partial charge in [0.25, 0.3) is 0 Å². The number of hydrogen-bond donors (Lipinski definition) is 1. The molecule has 3 heteroatoms. The van der Waals surface area contributed by atoms with Crippen LogP contribution in [0.15, 0.2) is 48.5 Å². The summed E-state index contributed by atoms with van der Waals surface area (Å²) in [4.78, 5) is 0. The second-order valence-corrected chi connectivity index (χ2v) is 4.15. The third-order valence-corrected chi connectivity index (χ3v) is 2.74. The Morgan fingerprint density at radius 2 is 1.89 bits per heavy atom. The lowest BCUT2D eigenvalue weighted by Gasteiger charge is -2.13. The van der Waals surface area contributed by atoms with Crippen molar-refractivity contribution in [1.82, 2.24) is 0 Å². The van der Waals surface area contributed by atoms with Crippen LogP contribution in [0.4, 0.5) is 4.39 Å². The molecule has 2 nitrogen and oxygen atoms in total. The molecule has 0 fully saturated rings. The van der Waals surface area contributed by atoms with E-state index in [9.17, 15) is 9.50 Å². The molecule has 0 aromatic heterocycles. The zero-order valence-electron chi connectivity index (χ0n) is 10.1. The molecule has 0 aliphatic rings. The van der Waals surface area contributed by atoms with E-state index in [2.05, 4.69) is 0 Å². The van der Waals surface area contributed by atoms with Crippen LogP contribution in [-0.2, 0) is 0 Å². The minimum absolute atomic E-state index is 0.104. The van der Waals surface area contributed by atoms with E-state index in [1.54, 1.807) is 19.1 Å². The van der Waals surface area contributed by atoms with Gasteiger partial charge in [0.2, 0.25) is 0 Å². The Morgan fingerprint density at radius 1 is 1.17 bits per heavy atom. The van der Waals surface area contributed by atoms with E-state index in [1.807, 2.05) is 30.3 Å².